The molecule has 1 saturated heterocycles. The number of aryl methyl sites for hydroxylation is 1. The number of pyridine rings is 1. The van der Waals surface area contributed by atoms with Crippen molar-refractivity contribution in [3.8, 4) is 0 Å². The van der Waals surface area contributed by atoms with Crippen molar-refractivity contribution >= 4 is 40.7 Å². The standard InChI is InChI=1S/C31H43N5O6/c1-17(2)25(27(38)32-19(4)28(39)36-14-8-9-23(35-36)29(40)41)34-30(42)31(6,7)13-12-21-10-11-22-15-18(3)26(20(5)37)33-24(22)16-21/h10-13,15-17,19-20,23,25,35,37H,8-9,14H2,1-7H3,(H,32,38)(H,34,42)(H,40,41)/b13-12+/t19?,20-,23+,25+/m1/s1. The molecule has 4 atom stereocenters. The fourth-order valence-electron chi connectivity index (χ4n) is 4.80. The summed E-state index contributed by atoms with van der Waals surface area (Å²) in [4.78, 5) is 55.3. The molecular weight excluding hydrogens is 538 g/mol. The molecule has 2 aromatic rings. The summed E-state index contributed by atoms with van der Waals surface area (Å²) in [6, 6.07) is 5.06. The highest BCUT2D eigenvalue weighted by Crippen LogP contribution is 2.24. The van der Waals surface area contributed by atoms with Crippen LogP contribution in [0.15, 0.2) is 30.3 Å². The van der Waals surface area contributed by atoms with Gasteiger partial charge in [0.1, 0.15) is 18.1 Å². The van der Waals surface area contributed by atoms with Gasteiger partial charge in [-0.25, -0.2) is 10.4 Å². The molecule has 3 amide bonds. The normalized spacial score (nSPS) is 18.1. The Morgan fingerprint density at radius 1 is 1.12 bits per heavy atom. The number of nitrogens with one attached hydrogen (secondary N) is 3. The number of hydrogen-bond acceptors (Lipinski definition) is 7. The van der Waals surface area contributed by atoms with Gasteiger partial charge in [0.05, 0.1) is 22.7 Å². The molecule has 5 N–H and O–H groups in total. The Morgan fingerprint density at radius 2 is 1.81 bits per heavy atom. The summed E-state index contributed by atoms with van der Waals surface area (Å²) in [5.74, 6) is -2.62. The van der Waals surface area contributed by atoms with Gasteiger partial charge in [-0.3, -0.25) is 24.2 Å². The van der Waals surface area contributed by atoms with E-state index < -0.39 is 47.4 Å². The maximum atomic E-state index is 13.3. The Hall–Kier alpha value is -3.83. The second-order valence-electron chi connectivity index (χ2n) is 12.0. The van der Waals surface area contributed by atoms with Crippen LogP contribution < -0.4 is 16.1 Å². The molecular formula is C31H43N5O6. The van der Waals surface area contributed by atoms with Crippen LogP contribution in [-0.4, -0.2) is 68.6 Å². The number of aliphatic hydroxyl groups is 1. The van der Waals surface area contributed by atoms with Crippen LogP contribution in [0.1, 0.15) is 77.3 Å². The van der Waals surface area contributed by atoms with E-state index >= 15 is 0 Å². The molecule has 1 aromatic heterocycles. The second-order valence-corrected chi connectivity index (χ2v) is 12.0. The molecule has 42 heavy (non-hydrogen) atoms. The number of carboxylic acids is 1. The maximum Gasteiger partial charge on any atom is 0.322 e. The zero-order chi connectivity index (χ0) is 31.4. The molecule has 228 valence electrons. The van der Waals surface area contributed by atoms with E-state index in [9.17, 15) is 29.4 Å². The number of carbonyl (C=O) groups is 4. The van der Waals surface area contributed by atoms with Gasteiger partial charge in [-0.15, -0.1) is 0 Å². The Balaban J connectivity index is 1.68. The van der Waals surface area contributed by atoms with Crippen LogP contribution in [0.3, 0.4) is 0 Å². The van der Waals surface area contributed by atoms with Crippen molar-refractivity contribution in [3.05, 3.63) is 47.2 Å². The lowest BCUT2D eigenvalue weighted by molar-refractivity contribution is -0.148. The van der Waals surface area contributed by atoms with E-state index in [0.29, 0.717) is 25.1 Å². The van der Waals surface area contributed by atoms with E-state index in [1.165, 1.54) is 11.9 Å². The van der Waals surface area contributed by atoms with Crippen molar-refractivity contribution in [2.45, 2.75) is 85.5 Å². The number of aromatic nitrogens is 1. The zero-order valence-electron chi connectivity index (χ0n) is 25.4. The van der Waals surface area contributed by atoms with E-state index in [-0.39, 0.29) is 11.8 Å². The lowest BCUT2D eigenvalue weighted by Gasteiger charge is -2.34. The van der Waals surface area contributed by atoms with Gasteiger partial charge in [-0.2, -0.15) is 0 Å². The highest BCUT2D eigenvalue weighted by Gasteiger charge is 2.34. The molecule has 0 spiro atoms. The van der Waals surface area contributed by atoms with Gasteiger partial charge >= 0.3 is 5.97 Å². The first-order chi connectivity index (χ1) is 19.6. The van der Waals surface area contributed by atoms with Crippen molar-refractivity contribution in [1.29, 1.82) is 0 Å². The fourth-order valence-corrected chi connectivity index (χ4v) is 4.80. The molecule has 3 rings (SSSR count). The molecule has 1 aliphatic rings. The highest BCUT2D eigenvalue weighted by molar-refractivity contribution is 5.94. The molecule has 0 radical (unpaired) electrons. The molecule has 1 aliphatic heterocycles. The number of carbonyl (C=O) groups excluding carboxylic acids is 3. The Morgan fingerprint density at radius 3 is 2.43 bits per heavy atom. The number of carboxylic acid groups (broad SMARTS) is 1. The first-order valence-corrected chi connectivity index (χ1v) is 14.3. The van der Waals surface area contributed by atoms with Crippen LogP contribution in [0.2, 0.25) is 0 Å². The molecule has 0 saturated carbocycles. The fraction of sp³-hybridized carbons (Fsp3) is 0.516. The molecule has 11 heteroatoms. The van der Waals surface area contributed by atoms with Gasteiger partial charge in [0, 0.05) is 11.9 Å². The first kappa shape index (κ1) is 32.7. The summed E-state index contributed by atoms with van der Waals surface area (Å²) >= 11 is 0. The number of fused-ring (bicyclic) bond motifs is 1. The third-order valence-corrected chi connectivity index (χ3v) is 7.46. The van der Waals surface area contributed by atoms with E-state index in [0.717, 1.165) is 22.0 Å². The minimum absolute atomic E-state index is 0.265. The number of hydrogen-bond donors (Lipinski definition) is 5. The zero-order valence-corrected chi connectivity index (χ0v) is 25.4. The van der Waals surface area contributed by atoms with Gasteiger partial charge in [0.25, 0.3) is 5.91 Å². The smallest absolute Gasteiger partial charge is 0.322 e. The van der Waals surface area contributed by atoms with Crippen LogP contribution in [0, 0.1) is 18.3 Å². The van der Waals surface area contributed by atoms with Gasteiger partial charge in [-0.05, 0) is 76.6 Å². The average molecular weight is 582 g/mol. The summed E-state index contributed by atoms with van der Waals surface area (Å²) in [5.41, 5.74) is 4.83. The molecule has 1 unspecified atom stereocenters. The molecule has 1 aromatic carbocycles. The third kappa shape index (κ3) is 7.92. The van der Waals surface area contributed by atoms with E-state index in [1.54, 1.807) is 40.7 Å². The van der Waals surface area contributed by atoms with E-state index in [1.807, 2.05) is 37.3 Å². The number of hydrazine groups is 1. The highest BCUT2D eigenvalue weighted by atomic mass is 16.4. The number of nitrogens with zero attached hydrogens (tertiary/aromatic N) is 2. The monoisotopic (exact) mass is 581 g/mol. The van der Waals surface area contributed by atoms with Gasteiger partial charge < -0.3 is 20.8 Å². The van der Waals surface area contributed by atoms with Crippen LogP contribution in [0.4, 0.5) is 0 Å². The second kappa shape index (κ2) is 13.4. The van der Waals surface area contributed by atoms with Crippen LogP contribution in [0.5, 0.6) is 0 Å². The molecule has 0 bridgehead atoms. The summed E-state index contributed by atoms with van der Waals surface area (Å²) in [6.07, 6.45) is 3.84. The van der Waals surface area contributed by atoms with Crippen molar-refractivity contribution in [1.82, 2.24) is 26.1 Å². The maximum absolute atomic E-state index is 13.3. The minimum Gasteiger partial charge on any atom is -0.480 e. The van der Waals surface area contributed by atoms with E-state index in [4.69, 9.17) is 0 Å². The van der Waals surface area contributed by atoms with Crippen LogP contribution in [0.25, 0.3) is 17.0 Å². The Labute approximate surface area is 246 Å². The summed E-state index contributed by atoms with van der Waals surface area (Å²) < 4.78 is 0. The van der Waals surface area contributed by atoms with Crippen LogP contribution >= 0.6 is 0 Å². The summed E-state index contributed by atoms with van der Waals surface area (Å²) in [6.45, 7) is 12.5. The average Bonchev–Trinajstić information content (AvgIpc) is 2.93. The number of aliphatic hydroxyl groups excluding tert-OH is 1. The van der Waals surface area contributed by atoms with Crippen LogP contribution in [-0.2, 0) is 19.2 Å². The first-order valence-electron chi connectivity index (χ1n) is 14.3. The van der Waals surface area contributed by atoms with Crippen molar-refractivity contribution in [2.24, 2.45) is 11.3 Å². The SMILES string of the molecule is Cc1cc2ccc(/C=C/C(C)(C)C(=O)N[C@H](C(=O)NC(C)C(=O)N3CCC[C@@H](C(=O)O)N3)C(C)C)cc2nc1[C@@H](C)O. The predicted octanol–water partition coefficient (Wildman–Crippen LogP) is 2.86. The lowest BCUT2D eigenvalue weighted by Crippen LogP contribution is -2.61. The minimum atomic E-state index is -1.04. The molecule has 1 fully saturated rings. The third-order valence-electron chi connectivity index (χ3n) is 7.46. The van der Waals surface area contributed by atoms with Crippen molar-refractivity contribution in [3.63, 3.8) is 0 Å². The van der Waals surface area contributed by atoms with Gasteiger partial charge in [-0.1, -0.05) is 38.1 Å². The Kier molecular flexibility index (Phi) is 10.5. The topological polar surface area (TPSA) is 161 Å². The largest absolute Gasteiger partial charge is 0.480 e. The molecule has 2 heterocycles. The predicted molar refractivity (Wildman–Crippen MR) is 160 cm³/mol. The quantitative estimate of drug-likeness (QED) is 0.286. The number of rotatable bonds is 10. The molecule has 11 nitrogen and oxygen atoms in total. The number of benzene rings is 1. The molecule has 0 aliphatic carbocycles. The van der Waals surface area contributed by atoms with Crippen molar-refractivity contribution < 1.29 is 29.4 Å². The van der Waals surface area contributed by atoms with Gasteiger partial charge in [0.2, 0.25) is 11.8 Å². The summed E-state index contributed by atoms with van der Waals surface area (Å²) in [5, 5.41) is 27.0. The number of amides is 3. The van der Waals surface area contributed by atoms with E-state index in [2.05, 4.69) is 21.0 Å². The van der Waals surface area contributed by atoms with Gasteiger partial charge in [0.15, 0.2) is 0 Å². The summed E-state index contributed by atoms with van der Waals surface area (Å²) in [7, 11) is 0. The number of aliphatic carboxylic acids is 1. The lowest BCUT2D eigenvalue weighted by atomic mass is 9.89. The Bertz CT molecular complexity index is 1370. The van der Waals surface area contributed by atoms with Crippen molar-refractivity contribution in [2.75, 3.05) is 6.54 Å².